The van der Waals surface area contributed by atoms with Gasteiger partial charge < -0.3 is 15.8 Å². The number of hydrogen-bond acceptors (Lipinski definition) is 5. The lowest BCUT2D eigenvalue weighted by Gasteiger charge is -2.00. The first-order valence-corrected chi connectivity index (χ1v) is 4.82. The number of nitrogens with two attached hydrogens (primary N) is 1. The molecule has 1 aliphatic carbocycles. The molecular weight excluding hydrogens is 196 g/mol. The molecule has 0 aliphatic heterocycles. The van der Waals surface area contributed by atoms with E-state index < -0.39 is 5.97 Å². The van der Waals surface area contributed by atoms with E-state index in [2.05, 4.69) is 10.1 Å². The lowest BCUT2D eigenvalue weighted by atomic mass is 10.1. The Kier molecular flexibility index (Phi) is 3.71. The Labute approximate surface area is 88.7 Å². The van der Waals surface area contributed by atoms with Gasteiger partial charge >= 0.3 is 5.97 Å². The predicted molar refractivity (Wildman–Crippen MR) is 54.6 cm³/mol. The molecule has 0 aromatic carbocycles. The van der Waals surface area contributed by atoms with Gasteiger partial charge in [-0.1, -0.05) is 0 Å². The van der Waals surface area contributed by atoms with Gasteiger partial charge in [-0.2, -0.15) is 0 Å². The largest absolute Gasteiger partial charge is 0.469 e. The summed E-state index contributed by atoms with van der Waals surface area (Å²) in [6, 6.07) is 0. The first-order chi connectivity index (χ1) is 7.10. The van der Waals surface area contributed by atoms with Crippen LogP contribution >= 0.6 is 0 Å². The van der Waals surface area contributed by atoms with E-state index in [0.717, 1.165) is 6.42 Å². The fourth-order valence-electron chi connectivity index (χ4n) is 1.54. The number of ether oxygens (including phenoxy) is 1. The molecule has 0 saturated heterocycles. The number of carbonyl (C=O) groups is 2. The molecule has 1 fully saturated rings. The maximum Gasteiger partial charge on any atom is 0.313 e. The van der Waals surface area contributed by atoms with Gasteiger partial charge in [-0.25, -0.2) is 0 Å². The second-order valence-electron chi connectivity index (χ2n) is 3.60. The van der Waals surface area contributed by atoms with E-state index in [4.69, 9.17) is 5.73 Å². The second kappa shape index (κ2) is 4.82. The van der Waals surface area contributed by atoms with Crippen LogP contribution < -0.4 is 11.1 Å². The predicted octanol–water partition coefficient (Wildman–Crippen LogP) is -0.226. The van der Waals surface area contributed by atoms with Crippen LogP contribution in [0.4, 0.5) is 0 Å². The minimum atomic E-state index is -0.484. The average Bonchev–Trinajstić information content (AvgIpc) is 2.97. The molecular formula is C10H16N2O3. The van der Waals surface area contributed by atoms with Crippen molar-refractivity contribution in [2.45, 2.75) is 12.8 Å². The maximum atomic E-state index is 11.5. The van der Waals surface area contributed by atoms with Crippen LogP contribution in [0.1, 0.15) is 12.8 Å². The van der Waals surface area contributed by atoms with Gasteiger partial charge in [0.15, 0.2) is 0 Å². The molecule has 0 aromatic heterocycles. The van der Waals surface area contributed by atoms with Gasteiger partial charge in [0.2, 0.25) is 0 Å². The number of rotatable bonds is 5. The second-order valence-corrected chi connectivity index (χ2v) is 3.60. The molecule has 3 N–H and O–H groups in total. The van der Waals surface area contributed by atoms with Gasteiger partial charge in [0.25, 0.3) is 0 Å². The van der Waals surface area contributed by atoms with Crippen LogP contribution in [0.5, 0.6) is 0 Å². The van der Waals surface area contributed by atoms with Gasteiger partial charge in [0.1, 0.15) is 12.2 Å². The summed E-state index contributed by atoms with van der Waals surface area (Å²) in [5.74, 6) is -0.579. The highest BCUT2D eigenvalue weighted by molar-refractivity contribution is 5.98. The molecule has 5 heteroatoms. The molecule has 84 valence electrons. The zero-order valence-corrected chi connectivity index (χ0v) is 8.95. The van der Waals surface area contributed by atoms with E-state index in [1.54, 1.807) is 13.2 Å². The van der Waals surface area contributed by atoms with Crippen LogP contribution in [-0.4, -0.2) is 25.9 Å². The third-order valence-corrected chi connectivity index (χ3v) is 2.49. The van der Waals surface area contributed by atoms with Crippen LogP contribution in [0.15, 0.2) is 11.9 Å². The number of allylic oxidation sites excluding steroid dienone is 1. The van der Waals surface area contributed by atoms with E-state index in [-0.39, 0.29) is 24.0 Å². The van der Waals surface area contributed by atoms with Crippen molar-refractivity contribution in [3.8, 4) is 0 Å². The third kappa shape index (κ3) is 2.97. The van der Waals surface area contributed by atoms with Crippen LogP contribution in [-0.2, 0) is 14.3 Å². The lowest BCUT2D eigenvalue weighted by Crippen LogP contribution is -2.14. The molecule has 1 aliphatic rings. The number of methoxy groups -OCH3 is 1. The first kappa shape index (κ1) is 11.6. The van der Waals surface area contributed by atoms with Crippen LogP contribution in [0.3, 0.4) is 0 Å². The van der Waals surface area contributed by atoms with E-state index in [1.165, 1.54) is 7.11 Å². The fourth-order valence-corrected chi connectivity index (χ4v) is 1.54. The topological polar surface area (TPSA) is 81.4 Å². The van der Waals surface area contributed by atoms with Gasteiger partial charge in [-0.15, -0.1) is 0 Å². The minimum Gasteiger partial charge on any atom is -0.469 e. The Morgan fingerprint density at radius 2 is 2.20 bits per heavy atom. The molecule has 0 radical (unpaired) electrons. The normalized spacial score (nSPS) is 24.5. The Bertz CT molecular complexity index is 299. The Hall–Kier alpha value is -1.52. The molecule has 0 bridgehead atoms. The molecule has 2 unspecified atom stereocenters. The number of ketones is 1. The van der Waals surface area contributed by atoms with E-state index in [1.807, 2.05) is 0 Å². The van der Waals surface area contributed by atoms with Crippen LogP contribution in [0.2, 0.25) is 0 Å². The Balaban J connectivity index is 2.40. The zero-order chi connectivity index (χ0) is 11.4. The number of esters is 1. The Morgan fingerprint density at radius 1 is 1.53 bits per heavy atom. The van der Waals surface area contributed by atoms with Crippen molar-refractivity contribution >= 4 is 11.8 Å². The van der Waals surface area contributed by atoms with Gasteiger partial charge in [0, 0.05) is 30.8 Å². The maximum absolute atomic E-state index is 11.5. The highest BCUT2D eigenvalue weighted by Gasteiger charge is 2.44. The van der Waals surface area contributed by atoms with Crippen molar-refractivity contribution < 1.29 is 14.3 Å². The van der Waals surface area contributed by atoms with Gasteiger partial charge in [0.05, 0.1) is 7.11 Å². The summed E-state index contributed by atoms with van der Waals surface area (Å²) in [5.41, 5.74) is 6.38. The van der Waals surface area contributed by atoms with Crippen molar-refractivity contribution in [1.29, 1.82) is 0 Å². The van der Waals surface area contributed by atoms with Gasteiger partial charge in [-0.3, -0.25) is 9.59 Å². The summed E-state index contributed by atoms with van der Waals surface area (Å²) >= 11 is 0. The number of hydrogen-bond donors (Lipinski definition) is 2. The van der Waals surface area contributed by atoms with Crippen molar-refractivity contribution in [3.05, 3.63) is 11.9 Å². The first-order valence-electron chi connectivity index (χ1n) is 4.82. The summed E-state index contributed by atoms with van der Waals surface area (Å²) in [4.78, 5) is 22.3. The van der Waals surface area contributed by atoms with Crippen molar-refractivity contribution in [2.75, 3.05) is 14.2 Å². The molecule has 0 amide bonds. The zero-order valence-electron chi connectivity index (χ0n) is 8.95. The highest BCUT2D eigenvalue weighted by atomic mass is 16.5. The summed E-state index contributed by atoms with van der Waals surface area (Å²) in [5, 5.41) is 2.81. The van der Waals surface area contributed by atoms with E-state index in [0.29, 0.717) is 5.70 Å². The van der Waals surface area contributed by atoms with E-state index >= 15 is 0 Å². The highest BCUT2D eigenvalue weighted by Crippen LogP contribution is 2.43. The molecule has 0 spiro atoms. The van der Waals surface area contributed by atoms with Crippen LogP contribution in [0, 0.1) is 11.8 Å². The fraction of sp³-hybridized carbons (Fsp3) is 0.600. The molecule has 0 heterocycles. The standard InChI is InChI=1S/C10H16N2O3/c1-12-5-8(11)6-3-7(6)9(13)4-10(14)15-2/h5-7,12H,3-4,11H2,1-2H3/b8-5-. The Morgan fingerprint density at radius 3 is 2.73 bits per heavy atom. The summed E-state index contributed by atoms with van der Waals surface area (Å²) in [7, 11) is 3.02. The van der Waals surface area contributed by atoms with Crippen LogP contribution in [0.25, 0.3) is 0 Å². The van der Waals surface area contributed by atoms with Gasteiger partial charge in [-0.05, 0) is 6.42 Å². The number of Topliss-reactive ketones (excluding diaryl/α,β-unsaturated/α-hetero) is 1. The average molecular weight is 212 g/mol. The summed E-state index contributed by atoms with van der Waals surface area (Å²) < 4.78 is 4.42. The monoisotopic (exact) mass is 212 g/mol. The molecule has 5 nitrogen and oxygen atoms in total. The van der Waals surface area contributed by atoms with Crippen molar-refractivity contribution in [2.24, 2.45) is 17.6 Å². The SMILES string of the molecule is CN/C=C(\N)C1CC1C(=O)CC(=O)OC. The molecule has 1 rings (SSSR count). The smallest absolute Gasteiger partial charge is 0.313 e. The molecule has 1 saturated carbocycles. The molecule has 15 heavy (non-hydrogen) atoms. The van der Waals surface area contributed by atoms with Crippen molar-refractivity contribution in [1.82, 2.24) is 5.32 Å². The summed E-state index contributed by atoms with van der Waals surface area (Å²) in [6.07, 6.45) is 2.26. The third-order valence-electron chi connectivity index (χ3n) is 2.49. The quantitative estimate of drug-likeness (QED) is 0.486. The summed E-state index contributed by atoms with van der Waals surface area (Å²) in [6.45, 7) is 0. The molecule has 2 atom stereocenters. The number of carbonyl (C=O) groups excluding carboxylic acids is 2. The molecule has 0 aromatic rings. The number of nitrogens with one attached hydrogen (secondary N) is 1. The lowest BCUT2D eigenvalue weighted by molar-refractivity contribution is -0.143. The van der Waals surface area contributed by atoms with E-state index in [9.17, 15) is 9.59 Å². The minimum absolute atomic E-state index is 0.0840. The van der Waals surface area contributed by atoms with Crippen molar-refractivity contribution in [3.63, 3.8) is 0 Å².